The van der Waals surface area contributed by atoms with E-state index in [0.29, 0.717) is 5.56 Å². The van der Waals surface area contributed by atoms with Gasteiger partial charge in [0.15, 0.2) is 0 Å². The van der Waals surface area contributed by atoms with Gasteiger partial charge in [0, 0.05) is 29.1 Å². The molecule has 32 heavy (non-hydrogen) atoms. The largest absolute Gasteiger partial charge is 0.471 e. The molecular weight excluding hydrogens is 427 g/mol. The summed E-state index contributed by atoms with van der Waals surface area (Å²) in [6.07, 6.45) is -2.67. The maximum Gasteiger partial charge on any atom is 0.471 e. The minimum absolute atomic E-state index is 0.00490. The highest BCUT2D eigenvalue weighted by atomic mass is 19.4. The zero-order valence-electron chi connectivity index (χ0n) is 16.2. The van der Waals surface area contributed by atoms with Crippen molar-refractivity contribution in [1.29, 1.82) is 0 Å². The zero-order valence-corrected chi connectivity index (χ0v) is 16.2. The maximum atomic E-state index is 12.5. The number of ether oxygens (including phenoxy) is 1. The van der Waals surface area contributed by atoms with Crippen LogP contribution in [-0.4, -0.2) is 26.2 Å². The number of nitrogens with zero attached hydrogens (tertiary/aromatic N) is 4. The van der Waals surface area contributed by atoms with Crippen LogP contribution in [0.25, 0.3) is 22.6 Å². The lowest BCUT2D eigenvalue weighted by molar-refractivity contribution is -0.159. The van der Waals surface area contributed by atoms with Gasteiger partial charge in [0.2, 0.25) is 5.82 Å². The summed E-state index contributed by atoms with van der Waals surface area (Å²) in [4.78, 5) is 23.5. The number of rotatable bonds is 5. The number of hydrogen-bond acceptors (Lipinski definition) is 7. The number of carbonyl (C=O) groups is 1. The molecule has 3 heterocycles. The molecule has 0 unspecified atom stereocenters. The minimum atomic E-state index is -4.73. The molecule has 0 aliphatic carbocycles. The Balaban J connectivity index is 1.31. The first kappa shape index (κ1) is 21.0. The van der Waals surface area contributed by atoms with Crippen molar-refractivity contribution in [3.8, 4) is 22.6 Å². The van der Waals surface area contributed by atoms with Crippen LogP contribution < -0.4 is 5.32 Å². The van der Waals surface area contributed by atoms with Crippen LogP contribution in [0, 0.1) is 0 Å². The minimum Gasteiger partial charge on any atom is -0.444 e. The third-order valence-electron chi connectivity index (χ3n) is 4.18. The summed E-state index contributed by atoms with van der Waals surface area (Å²) >= 11 is 0. The molecule has 162 valence electrons. The van der Waals surface area contributed by atoms with E-state index in [4.69, 9.17) is 4.74 Å². The Morgan fingerprint density at radius 1 is 0.969 bits per heavy atom. The SMILES string of the molecule is O=C(Nc1ccc(-c2noc(C(F)(F)F)n2)cn1)OCc1ccc(-c2ccccc2)nc1. The van der Waals surface area contributed by atoms with Crippen molar-refractivity contribution < 1.29 is 27.2 Å². The highest BCUT2D eigenvalue weighted by Gasteiger charge is 2.38. The van der Waals surface area contributed by atoms with E-state index in [2.05, 4.69) is 29.9 Å². The highest BCUT2D eigenvalue weighted by molar-refractivity contribution is 5.83. The van der Waals surface area contributed by atoms with E-state index < -0.39 is 18.2 Å². The van der Waals surface area contributed by atoms with Crippen LogP contribution in [0.2, 0.25) is 0 Å². The summed E-state index contributed by atoms with van der Waals surface area (Å²) in [5, 5.41) is 5.69. The van der Waals surface area contributed by atoms with E-state index in [0.717, 1.165) is 11.3 Å². The molecule has 3 aromatic heterocycles. The quantitative estimate of drug-likeness (QED) is 0.467. The van der Waals surface area contributed by atoms with Crippen LogP contribution >= 0.6 is 0 Å². The average molecular weight is 441 g/mol. The molecule has 1 N–H and O–H groups in total. The lowest BCUT2D eigenvalue weighted by atomic mass is 10.1. The number of pyridine rings is 2. The first-order valence-electron chi connectivity index (χ1n) is 9.20. The van der Waals surface area contributed by atoms with Gasteiger partial charge in [0.1, 0.15) is 12.4 Å². The Kier molecular flexibility index (Phi) is 5.79. The first-order chi connectivity index (χ1) is 15.4. The van der Waals surface area contributed by atoms with Crippen LogP contribution in [0.1, 0.15) is 11.5 Å². The van der Waals surface area contributed by atoms with Gasteiger partial charge in [-0.1, -0.05) is 41.6 Å². The van der Waals surface area contributed by atoms with Crippen molar-refractivity contribution in [2.24, 2.45) is 0 Å². The summed E-state index contributed by atoms with van der Waals surface area (Å²) < 4.78 is 46.9. The molecule has 0 aliphatic heterocycles. The second-order valence-corrected chi connectivity index (χ2v) is 6.47. The van der Waals surface area contributed by atoms with Gasteiger partial charge in [-0.2, -0.15) is 18.2 Å². The van der Waals surface area contributed by atoms with E-state index in [1.54, 1.807) is 12.3 Å². The summed E-state index contributed by atoms with van der Waals surface area (Å²) in [5.74, 6) is -1.59. The normalized spacial score (nSPS) is 11.2. The van der Waals surface area contributed by atoms with Crippen LogP contribution in [0.15, 0.2) is 71.5 Å². The number of anilines is 1. The molecule has 0 saturated carbocycles. The fourth-order valence-electron chi connectivity index (χ4n) is 2.64. The number of nitrogens with one attached hydrogen (secondary N) is 1. The summed E-state index contributed by atoms with van der Waals surface area (Å²) in [6, 6.07) is 16.0. The molecule has 0 aliphatic rings. The van der Waals surface area contributed by atoms with Crippen molar-refractivity contribution in [2.45, 2.75) is 12.8 Å². The van der Waals surface area contributed by atoms with Gasteiger partial charge in [-0.25, -0.2) is 9.78 Å². The third-order valence-corrected chi connectivity index (χ3v) is 4.18. The molecule has 0 fully saturated rings. The molecule has 11 heteroatoms. The summed E-state index contributed by atoms with van der Waals surface area (Å²) in [7, 11) is 0. The number of alkyl halides is 3. The van der Waals surface area contributed by atoms with Gasteiger partial charge in [-0.15, -0.1) is 0 Å². The Hall–Kier alpha value is -4.28. The Labute approximate surface area is 179 Å². The van der Waals surface area contributed by atoms with Crippen LogP contribution in [-0.2, 0) is 17.5 Å². The van der Waals surface area contributed by atoms with E-state index in [-0.39, 0.29) is 23.8 Å². The average Bonchev–Trinajstić information content (AvgIpc) is 3.30. The van der Waals surface area contributed by atoms with Crippen LogP contribution in [0.5, 0.6) is 0 Å². The lowest BCUT2D eigenvalue weighted by Gasteiger charge is -2.07. The standard InChI is InChI=1S/C21H14F3N5O3/c22-21(23,24)19-28-18(29-32-19)15-7-9-17(26-11-15)27-20(30)31-12-13-6-8-16(25-10-13)14-4-2-1-3-5-14/h1-11H,12H2,(H,26,27,30). The van der Waals surface area contributed by atoms with Crippen molar-refractivity contribution >= 4 is 11.9 Å². The zero-order chi connectivity index (χ0) is 22.6. The molecule has 4 aromatic rings. The molecule has 1 amide bonds. The smallest absolute Gasteiger partial charge is 0.444 e. The van der Waals surface area contributed by atoms with Gasteiger partial charge in [-0.05, 0) is 18.2 Å². The molecular formula is C21H14F3N5O3. The number of benzene rings is 1. The van der Waals surface area contributed by atoms with Crippen LogP contribution in [0.3, 0.4) is 0 Å². The highest BCUT2D eigenvalue weighted by Crippen LogP contribution is 2.29. The fourth-order valence-corrected chi connectivity index (χ4v) is 2.64. The van der Waals surface area contributed by atoms with Crippen molar-refractivity contribution in [1.82, 2.24) is 20.1 Å². The molecule has 0 spiro atoms. The van der Waals surface area contributed by atoms with Gasteiger partial charge >= 0.3 is 18.2 Å². The maximum absolute atomic E-state index is 12.5. The fraction of sp³-hybridized carbons (Fsp3) is 0.0952. The summed E-state index contributed by atoms with van der Waals surface area (Å²) in [6.45, 7) is -0.00490. The van der Waals surface area contributed by atoms with Crippen molar-refractivity contribution in [3.05, 3.63) is 78.4 Å². The number of halogens is 3. The van der Waals surface area contributed by atoms with E-state index >= 15 is 0 Å². The Morgan fingerprint density at radius 3 is 2.41 bits per heavy atom. The molecule has 8 nitrogen and oxygen atoms in total. The summed E-state index contributed by atoms with van der Waals surface area (Å²) in [5.41, 5.74) is 2.66. The number of carbonyl (C=O) groups excluding carboxylic acids is 1. The predicted molar refractivity (Wildman–Crippen MR) is 106 cm³/mol. The monoisotopic (exact) mass is 441 g/mol. The first-order valence-corrected chi connectivity index (χ1v) is 9.20. The number of hydrogen-bond donors (Lipinski definition) is 1. The molecule has 0 radical (unpaired) electrons. The third kappa shape index (κ3) is 5.06. The molecule has 0 saturated heterocycles. The molecule has 0 atom stereocenters. The van der Waals surface area contributed by atoms with E-state index in [9.17, 15) is 18.0 Å². The molecule has 1 aromatic carbocycles. The predicted octanol–water partition coefficient (Wildman–Crippen LogP) is 4.96. The van der Waals surface area contributed by atoms with Gasteiger partial charge in [0.05, 0.1) is 5.69 Å². The van der Waals surface area contributed by atoms with Crippen molar-refractivity contribution in [2.75, 3.05) is 5.32 Å². The second kappa shape index (κ2) is 8.84. The van der Waals surface area contributed by atoms with Gasteiger partial charge < -0.3 is 9.26 Å². The lowest BCUT2D eigenvalue weighted by Crippen LogP contribution is -2.14. The second-order valence-electron chi connectivity index (χ2n) is 6.47. The van der Waals surface area contributed by atoms with Gasteiger partial charge in [0.25, 0.3) is 0 Å². The molecule has 4 rings (SSSR count). The van der Waals surface area contributed by atoms with E-state index in [1.165, 1.54) is 18.3 Å². The molecule has 0 bridgehead atoms. The topological polar surface area (TPSA) is 103 Å². The Morgan fingerprint density at radius 2 is 1.78 bits per heavy atom. The van der Waals surface area contributed by atoms with Crippen molar-refractivity contribution in [3.63, 3.8) is 0 Å². The van der Waals surface area contributed by atoms with Gasteiger partial charge in [-0.3, -0.25) is 10.3 Å². The van der Waals surface area contributed by atoms with Crippen LogP contribution in [0.4, 0.5) is 23.8 Å². The van der Waals surface area contributed by atoms with E-state index in [1.807, 2.05) is 36.4 Å². The Bertz CT molecular complexity index is 1190. The number of amides is 1. The number of aromatic nitrogens is 4.